The molecule has 1 aromatic carbocycles. The molecule has 0 amide bonds. The molecule has 1 saturated heterocycles. The van der Waals surface area contributed by atoms with Crippen molar-refractivity contribution in [1.29, 1.82) is 0 Å². The molecule has 1 aromatic heterocycles. The molecule has 0 spiro atoms. The summed E-state index contributed by atoms with van der Waals surface area (Å²) in [6.07, 6.45) is 3.85. The van der Waals surface area contributed by atoms with Crippen LogP contribution in [0.1, 0.15) is 0 Å². The van der Waals surface area contributed by atoms with Gasteiger partial charge in [0.15, 0.2) is 0 Å². The third kappa shape index (κ3) is 3.11. The van der Waals surface area contributed by atoms with Gasteiger partial charge in [-0.25, -0.2) is 0 Å². The molecule has 2 heterocycles. The SMILES string of the molecule is Nc1cccc(N2CCN(CCn3cccn3)CC2)c1. The predicted octanol–water partition coefficient (Wildman–Crippen LogP) is 1.29. The van der Waals surface area contributed by atoms with Gasteiger partial charge in [-0.1, -0.05) is 6.07 Å². The van der Waals surface area contributed by atoms with E-state index in [1.54, 1.807) is 0 Å². The molecule has 1 aliphatic heterocycles. The third-order valence-electron chi connectivity index (χ3n) is 3.81. The van der Waals surface area contributed by atoms with Crippen molar-refractivity contribution >= 4 is 11.4 Å². The second-order valence-corrected chi connectivity index (χ2v) is 5.19. The average molecular weight is 271 g/mol. The largest absolute Gasteiger partial charge is 0.399 e. The molecular formula is C15H21N5. The molecule has 0 unspecified atom stereocenters. The number of hydrogen-bond acceptors (Lipinski definition) is 4. The fourth-order valence-corrected chi connectivity index (χ4v) is 2.63. The van der Waals surface area contributed by atoms with Gasteiger partial charge in [0.1, 0.15) is 0 Å². The van der Waals surface area contributed by atoms with Gasteiger partial charge >= 0.3 is 0 Å². The van der Waals surface area contributed by atoms with Crippen molar-refractivity contribution in [1.82, 2.24) is 14.7 Å². The highest BCUT2D eigenvalue weighted by Crippen LogP contribution is 2.18. The predicted molar refractivity (Wildman–Crippen MR) is 81.7 cm³/mol. The number of hydrogen-bond donors (Lipinski definition) is 1. The molecule has 2 aromatic rings. The van der Waals surface area contributed by atoms with E-state index >= 15 is 0 Å². The quantitative estimate of drug-likeness (QED) is 0.851. The van der Waals surface area contributed by atoms with Crippen molar-refractivity contribution in [2.45, 2.75) is 6.54 Å². The topological polar surface area (TPSA) is 50.3 Å². The fourth-order valence-electron chi connectivity index (χ4n) is 2.63. The lowest BCUT2D eigenvalue weighted by Crippen LogP contribution is -2.47. The van der Waals surface area contributed by atoms with Crippen molar-refractivity contribution < 1.29 is 0 Å². The van der Waals surface area contributed by atoms with E-state index in [9.17, 15) is 0 Å². The zero-order chi connectivity index (χ0) is 13.8. The molecule has 1 aliphatic rings. The van der Waals surface area contributed by atoms with E-state index in [0.29, 0.717) is 0 Å². The van der Waals surface area contributed by atoms with Crippen LogP contribution in [-0.2, 0) is 6.54 Å². The number of anilines is 2. The second kappa shape index (κ2) is 5.96. The third-order valence-corrected chi connectivity index (χ3v) is 3.81. The molecule has 1 fully saturated rings. The maximum absolute atomic E-state index is 5.85. The van der Waals surface area contributed by atoms with Crippen molar-refractivity contribution in [3.63, 3.8) is 0 Å². The van der Waals surface area contributed by atoms with Crippen LogP contribution < -0.4 is 10.6 Å². The molecule has 5 heteroatoms. The first kappa shape index (κ1) is 13.0. The zero-order valence-electron chi connectivity index (χ0n) is 11.7. The van der Waals surface area contributed by atoms with Gasteiger partial charge < -0.3 is 10.6 Å². The fraction of sp³-hybridized carbons (Fsp3) is 0.400. The van der Waals surface area contributed by atoms with E-state index in [1.807, 2.05) is 35.3 Å². The van der Waals surface area contributed by atoms with Crippen LogP contribution in [0.2, 0.25) is 0 Å². The summed E-state index contributed by atoms with van der Waals surface area (Å²) in [5.41, 5.74) is 7.92. The summed E-state index contributed by atoms with van der Waals surface area (Å²) < 4.78 is 1.99. The Morgan fingerprint density at radius 3 is 2.60 bits per heavy atom. The molecule has 2 N–H and O–H groups in total. The minimum Gasteiger partial charge on any atom is -0.399 e. The Morgan fingerprint density at radius 2 is 1.90 bits per heavy atom. The average Bonchev–Trinajstić information content (AvgIpc) is 2.99. The Labute approximate surface area is 119 Å². The van der Waals surface area contributed by atoms with E-state index in [2.05, 4.69) is 27.0 Å². The second-order valence-electron chi connectivity index (χ2n) is 5.19. The molecule has 20 heavy (non-hydrogen) atoms. The Balaban J connectivity index is 1.49. The van der Waals surface area contributed by atoms with Crippen LogP contribution in [0.25, 0.3) is 0 Å². The molecular weight excluding hydrogens is 250 g/mol. The molecule has 0 saturated carbocycles. The van der Waals surface area contributed by atoms with E-state index in [1.165, 1.54) is 5.69 Å². The van der Waals surface area contributed by atoms with Crippen molar-refractivity contribution in [3.05, 3.63) is 42.7 Å². The number of aromatic nitrogens is 2. The van der Waals surface area contributed by atoms with Gasteiger partial charge in [-0.15, -0.1) is 0 Å². The van der Waals surface area contributed by atoms with Crippen molar-refractivity contribution in [2.75, 3.05) is 43.4 Å². The molecule has 5 nitrogen and oxygen atoms in total. The van der Waals surface area contributed by atoms with Gasteiger partial charge in [-0.3, -0.25) is 9.58 Å². The van der Waals surface area contributed by atoms with E-state index in [4.69, 9.17) is 5.73 Å². The summed E-state index contributed by atoms with van der Waals surface area (Å²) in [4.78, 5) is 4.89. The number of nitrogen functional groups attached to an aromatic ring is 1. The lowest BCUT2D eigenvalue weighted by molar-refractivity contribution is 0.244. The minimum atomic E-state index is 0.837. The number of benzene rings is 1. The molecule has 106 valence electrons. The number of nitrogens with zero attached hydrogens (tertiary/aromatic N) is 4. The van der Waals surface area contributed by atoms with Gasteiger partial charge in [-0.2, -0.15) is 5.10 Å². The maximum Gasteiger partial charge on any atom is 0.0536 e. The summed E-state index contributed by atoms with van der Waals surface area (Å²) in [6.45, 7) is 6.33. The normalized spacial score (nSPS) is 16.5. The van der Waals surface area contributed by atoms with Crippen LogP contribution in [0.15, 0.2) is 42.7 Å². The van der Waals surface area contributed by atoms with E-state index in [-0.39, 0.29) is 0 Å². The molecule has 0 bridgehead atoms. The Morgan fingerprint density at radius 1 is 1.05 bits per heavy atom. The van der Waals surface area contributed by atoms with Crippen LogP contribution in [0, 0.1) is 0 Å². The zero-order valence-corrected chi connectivity index (χ0v) is 11.7. The molecule has 3 rings (SSSR count). The Hall–Kier alpha value is -2.01. The molecule has 0 radical (unpaired) electrons. The Bertz CT molecular complexity index is 529. The van der Waals surface area contributed by atoms with Crippen LogP contribution in [0.5, 0.6) is 0 Å². The van der Waals surface area contributed by atoms with Gasteiger partial charge in [0, 0.05) is 56.5 Å². The Kier molecular flexibility index (Phi) is 3.87. The first-order chi connectivity index (χ1) is 9.81. The summed E-state index contributed by atoms with van der Waals surface area (Å²) in [6, 6.07) is 10.1. The summed E-state index contributed by atoms with van der Waals surface area (Å²) >= 11 is 0. The highest BCUT2D eigenvalue weighted by molar-refractivity contribution is 5.56. The molecule has 0 atom stereocenters. The lowest BCUT2D eigenvalue weighted by Gasteiger charge is -2.36. The summed E-state index contributed by atoms with van der Waals surface area (Å²) in [7, 11) is 0. The lowest BCUT2D eigenvalue weighted by atomic mass is 10.2. The maximum atomic E-state index is 5.85. The number of rotatable bonds is 4. The van der Waals surface area contributed by atoms with Crippen LogP contribution in [-0.4, -0.2) is 47.4 Å². The highest BCUT2D eigenvalue weighted by atomic mass is 15.3. The van der Waals surface area contributed by atoms with Crippen LogP contribution >= 0.6 is 0 Å². The molecule has 0 aliphatic carbocycles. The van der Waals surface area contributed by atoms with E-state index < -0.39 is 0 Å². The van der Waals surface area contributed by atoms with E-state index in [0.717, 1.165) is 45.0 Å². The first-order valence-electron chi connectivity index (χ1n) is 7.11. The van der Waals surface area contributed by atoms with Crippen LogP contribution in [0.4, 0.5) is 11.4 Å². The highest BCUT2D eigenvalue weighted by Gasteiger charge is 2.16. The first-order valence-corrected chi connectivity index (χ1v) is 7.11. The van der Waals surface area contributed by atoms with Gasteiger partial charge in [0.2, 0.25) is 0 Å². The van der Waals surface area contributed by atoms with Crippen molar-refractivity contribution in [3.8, 4) is 0 Å². The summed E-state index contributed by atoms with van der Waals surface area (Å²) in [5, 5.41) is 4.24. The summed E-state index contributed by atoms with van der Waals surface area (Å²) in [5.74, 6) is 0. The number of piperazine rings is 1. The minimum absolute atomic E-state index is 0.837. The number of nitrogens with two attached hydrogens (primary N) is 1. The smallest absolute Gasteiger partial charge is 0.0536 e. The standard InChI is InChI=1S/C15H21N5/c16-14-3-1-4-15(13-14)19-10-7-18(8-11-19)9-12-20-6-2-5-17-20/h1-6,13H,7-12,16H2. The van der Waals surface area contributed by atoms with Gasteiger partial charge in [0.05, 0.1) is 6.54 Å². The van der Waals surface area contributed by atoms with Crippen molar-refractivity contribution in [2.24, 2.45) is 0 Å². The van der Waals surface area contributed by atoms with Gasteiger partial charge in [-0.05, 0) is 24.3 Å². The monoisotopic (exact) mass is 271 g/mol. The van der Waals surface area contributed by atoms with Gasteiger partial charge in [0.25, 0.3) is 0 Å². The van der Waals surface area contributed by atoms with Crippen LogP contribution in [0.3, 0.4) is 0 Å².